The molecule has 0 radical (unpaired) electrons. The Morgan fingerprint density at radius 1 is 1.00 bits per heavy atom. The van der Waals surface area contributed by atoms with Gasteiger partial charge < -0.3 is 4.79 Å². The lowest BCUT2D eigenvalue weighted by molar-refractivity contribution is -0.110. The Bertz CT molecular complexity index is 555. The molecule has 1 unspecified atom stereocenters. The minimum absolute atomic E-state index is 0.0818. The van der Waals surface area contributed by atoms with Crippen molar-refractivity contribution in [1.82, 2.24) is 0 Å². The van der Waals surface area contributed by atoms with Crippen molar-refractivity contribution in [2.75, 3.05) is 0 Å². The van der Waals surface area contributed by atoms with E-state index in [9.17, 15) is 4.79 Å². The first-order chi connectivity index (χ1) is 8.63. The van der Waals surface area contributed by atoms with Gasteiger partial charge in [-0.15, -0.1) is 0 Å². The summed E-state index contributed by atoms with van der Waals surface area (Å²) in [5.41, 5.74) is 2.66. The second-order valence-corrected chi connectivity index (χ2v) is 5.33. The van der Waals surface area contributed by atoms with Gasteiger partial charge >= 0.3 is 0 Å². The third-order valence-corrected chi connectivity index (χ3v) is 3.44. The van der Waals surface area contributed by atoms with Gasteiger partial charge in [-0.05, 0) is 34.2 Å². The Balaban J connectivity index is 2.57. The van der Waals surface area contributed by atoms with E-state index >= 15 is 0 Å². The van der Waals surface area contributed by atoms with Crippen LogP contribution < -0.4 is 0 Å². The zero-order chi connectivity index (χ0) is 13.1. The van der Waals surface area contributed by atoms with Crippen molar-refractivity contribution in [3.05, 3.63) is 47.5 Å². The van der Waals surface area contributed by atoms with Crippen molar-refractivity contribution >= 4 is 17.1 Å². The van der Waals surface area contributed by atoms with E-state index in [1.54, 1.807) is 0 Å². The number of fused-ring (bicyclic) bond motifs is 1. The van der Waals surface area contributed by atoms with E-state index in [0.717, 1.165) is 12.7 Å². The molecule has 0 spiro atoms. The molecule has 0 aromatic heterocycles. The molecule has 0 heterocycles. The van der Waals surface area contributed by atoms with Gasteiger partial charge in [-0.3, -0.25) is 0 Å². The first kappa shape index (κ1) is 12.8. The number of carbonyl (C=O) groups is 1. The van der Waals surface area contributed by atoms with E-state index in [1.165, 1.54) is 21.9 Å². The minimum Gasteiger partial charge on any atom is -0.303 e. The Morgan fingerprint density at radius 2 is 1.67 bits per heavy atom. The second-order valence-electron chi connectivity index (χ2n) is 5.33. The lowest BCUT2D eigenvalue weighted by Gasteiger charge is -2.14. The highest BCUT2D eigenvalue weighted by molar-refractivity contribution is 5.89. The van der Waals surface area contributed by atoms with Gasteiger partial charge in [0.15, 0.2) is 0 Å². The molecule has 94 valence electrons. The first-order valence-corrected chi connectivity index (χ1v) is 6.59. The van der Waals surface area contributed by atoms with Crippen LogP contribution in [0.4, 0.5) is 0 Å². The van der Waals surface area contributed by atoms with E-state index in [0.29, 0.717) is 5.92 Å². The van der Waals surface area contributed by atoms with E-state index in [-0.39, 0.29) is 5.92 Å². The van der Waals surface area contributed by atoms with E-state index in [1.807, 2.05) is 6.92 Å². The number of hydrogen-bond donors (Lipinski definition) is 0. The van der Waals surface area contributed by atoms with Gasteiger partial charge in [-0.2, -0.15) is 0 Å². The number of rotatable bonds is 4. The van der Waals surface area contributed by atoms with Crippen molar-refractivity contribution in [3.63, 3.8) is 0 Å². The van der Waals surface area contributed by atoms with Crippen LogP contribution in [0.15, 0.2) is 36.4 Å². The molecule has 1 heteroatoms. The fourth-order valence-corrected chi connectivity index (χ4v) is 2.46. The maximum atomic E-state index is 10.8. The summed E-state index contributed by atoms with van der Waals surface area (Å²) in [4.78, 5) is 10.8. The molecule has 2 aromatic rings. The van der Waals surface area contributed by atoms with Crippen LogP contribution >= 0.6 is 0 Å². The Hall–Kier alpha value is -1.63. The van der Waals surface area contributed by atoms with Crippen molar-refractivity contribution in [3.8, 4) is 0 Å². The maximum Gasteiger partial charge on any atom is 0.123 e. The first-order valence-electron chi connectivity index (χ1n) is 6.59. The predicted molar refractivity (Wildman–Crippen MR) is 77.0 cm³/mol. The molecule has 2 rings (SSSR count). The molecule has 1 nitrogen and oxygen atoms in total. The molecule has 0 amide bonds. The zero-order valence-corrected chi connectivity index (χ0v) is 11.3. The third kappa shape index (κ3) is 2.45. The Morgan fingerprint density at radius 3 is 2.28 bits per heavy atom. The molecule has 0 aliphatic carbocycles. The number of hydrogen-bond acceptors (Lipinski definition) is 1. The fourth-order valence-electron chi connectivity index (χ4n) is 2.46. The molecule has 0 saturated carbocycles. The molecule has 0 aliphatic rings. The average Bonchev–Trinajstić information content (AvgIpc) is 2.38. The van der Waals surface area contributed by atoms with Gasteiger partial charge in [-0.25, -0.2) is 0 Å². The van der Waals surface area contributed by atoms with Crippen LogP contribution in [0.3, 0.4) is 0 Å². The van der Waals surface area contributed by atoms with Crippen LogP contribution in [-0.2, 0) is 11.2 Å². The summed E-state index contributed by atoms with van der Waals surface area (Å²) < 4.78 is 0. The van der Waals surface area contributed by atoms with Gasteiger partial charge in [0.25, 0.3) is 0 Å². The fraction of sp³-hybridized carbons (Fsp3) is 0.353. The smallest absolute Gasteiger partial charge is 0.123 e. The third-order valence-electron chi connectivity index (χ3n) is 3.44. The van der Waals surface area contributed by atoms with Gasteiger partial charge in [0, 0.05) is 5.92 Å². The van der Waals surface area contributed by atoms with E-state index < -0.39 is 0 Å². The van der Waals surface area contributed by atoms with Crippen LogP contribution in [0.5, 0.6) is 0 Å². The summed E-state index contributed by atoms with van der Waals surface area (Å²) in [5, 5.41) is 2.61. The van der Waals surface area contributed by atoms with Crippen LogP contribution in [0.25, 0.3) is 10.8 Å². The molecule has 0 N–H and O–H groups in total. The summed E-state index contributed by atoms with van der Waals surface area (Å²) in [6.07, 6.45) is 1.85. The molecule has 0 fully saturated rings. The minimum atomic E-state index is 0.0818. The van der Waals surface area contributed by atoms with Crippen LogP contribution in [-0.4, -0.2) is 6.29 Å². The molecular formula is C17H20O. The SMILES string of the molecule is CC(C=O)Cc1ccc(C(C)C)c2ccccc12. The average molecular weight is 240 g/mol. The molecule has 0 saturated heterocycles. The van der Waals surface area contributed by atoms with Crippen molar-refractivity contribution in [2.24, 2.45) is 5.92 Å². The summed E-state index contributed by atoms with van der Waals surface area (Å²) in [6, 6.07) is 12.9. The number of aldehydes is 1. The lowest BCUT2D eigenvalue weighted by Crippen LogP contribution is -2.02. The predicted octanol–water partition coefficient (Wildman–Crippen LogP) is 4.34. The molecule has 0 aliphatic heterocycles. The second kappa shape index (κ2) is 5.34. The van der Waals surface area contributed by atoms with Crippen molar-refractivity contribution in [2.45, 2.75) is 33.1 Å². The van der Waals surface area contributed by atoms with E-state index in [2.05, 4.69) is 50.2 Å². The molecule has 18 heavy (non-hydrogen) atoms. The lowest BCUT2D eigenvalue weighted by atomic mass is 9.90. The van der Waals surface area contributed by atoms with Gasteiger partial charge in [0.05, 0.1) is 0 Å². The van der Waals surface area contributed by atoms with Gasteiger partial charge in [0.2, 0.25) is 0 Å². The molecule has 2 aromatic carbocycles. The Kier molecular flexibility index (Phi) is 3.81. The van der Waals surface area contributed by atoms with Crippen molar-refractivity contribution in [1.29, 1.82) is 0 Å². The highest BCUT2D eigenvalue weighted by Gasteiger charge is 2.10. The monoisotopic (exact) mass is 240 g/mol. The molecule has 0 bridgehead atoms. The largest absolute Gasteiger partial charge is 0.303 e. The molecular weight excluding hydrogens is 220 g/mol. The normalized spacial score (nSPS) is 12.9. The maximum absolute atomic E-state index is 10.8. The summed E-state index contributed by atoms with van der Waals surface area (Å²) >= 11 is 0. The van der Waals surface area contributed by atoms with Crippen LogP contribution in [0.1, 0.15) is 37.8 Å². The Labute approximate surface area is 109 Å². The molecule has 1 atom stereocenters. The number of benzene rings is 2. The van der Waals surface area contributed by atoms with Gasteiger partial charge in [0.1, 0.15) is 6.29 Å². The van der Waals surface area contributed by atoms with Crippen LogP contribution in [0, 0.1) is 5.92 Å². The highest BCUT2D eigenvalue weighted by Crippen LogP contribution is 2.29. The highest BCUT2D eigenvalue weighted by atomic mass is 16.1. The summed E-state index contributed by atoms with van der Waals surface area (Å²) in [5.74, 6) is 0.603. The summed E-state index contributed by atoms with van der Waals surface area (Å²) in [7, 11) is 0. The standard InChI is InChI=1S/C17H20O/c1-12(2)15-9-8-14(10-13(3)11-18)16-6-4-5-7-17(15)16/h4-9,11-13H,10H2,1-3H3. The summed E-state index contributed by atoms with van der Waals surface area (Å²) in [6.45, 7) is 6.41. The van der Waals surface area contributed by atoms with Crippen molar-refractivity contribution < 1.29 is 4.79 Å². The zero-order valence-electron chi connectivity index (χ0n) is 11.3. The quantitative estimate of drug-likeness (QED) is 0.726. The topological polar surface area (TPSA) is 17.1 Å². The van der Waals surface area contributed by atoms with E-state index in [4.69, 9.17) is 0 Å². The number of carbonyl (C=O) groups excluding carboxylic acids is 1. The van der Waals surface area contributed by atoms with Crippen LogP contribution in [0.2, 0.25) is 0 Å². The van der Waals surface area contributed by atoms with Gasteiger partial charge in [-0.1, -0.05) is 57.2 Å².